The lowest BCUT2D eigenvalue weighted by Crippen LogP contribution is -1.90. The lowest BCUT2D eigenvalue weighted by molar-refractivity contribution is 0.577. The second kappa shape index (κ2) is 2.82. The first kappa shape index (κ1) is 8.00. The van der Waals surface area contributed by atoms with Crippen LogP contribution in [-0.4, -0.2) is 4.21 Å². The third-order valence-electron chi connectivity index (χ3n) is 2.38. The number of benzene rings is 2. The van der Waals surface area contributed by atoms with E-state index < -0.39 is 11.1 Å². The zero-order valence-corrected chi connectivity index (χ0v) is 8.21. The number of hydrogen-bond acceptors (Lipinski definition) is 2. The molecule has 0 saturated carbocycles. The summed E-state index contributed by atoms with van der Waals surface area (Å²) >= 11 is -1.17. The molecule has 0 saturated heterocycles. The van der Waals surface area contributed by atoms with Crippen LogP contribution in [0.1, 0.15) is 5.56 Å². The maximum atomic E-state index is 11.2. The number of hydrogen-bond donors (Lipinski definition) is 0. The van der Waals surface area contributed by atoms with Crippen molar-refractivity contribution < 1.29 is 8.39 Å². The molecular weight excluding hydrogens is 196 g/mol. The summed E-state index contributed by atoms with van der Waals surface area (Å²) in [6.07, 6.45) is 0. The summed E-state index contributed by atoms with van der Waals surface area (Å²) in [4.78, 5) is 0. The minimum atomic E-state index is -1.17. The summed E-state index contributed by atoms with van der Waals surface area (Å²) in [7, 11) is 0. The molecule has 70 valence electrons. The van der Waals surface area contributed by atoms with Crippen molar-refractivity contribution in [3.63, 3.8) is 0 Å². The van der Waals surface area contributed by atoms with Gasteiger partial charge in [-0.2, -0.15) is 0 Å². The summed E-state index contributed by atoms with van der Waals surface area (Å²) in [5.74, 6) is 1.28. The molecule has 1 aliphatic heterocycles. The minimum absolute atomic E-state index is 0.514. The smallest absolute Gasteiger partial charge is 0.211 e. The van der Waals surface area contributed by atoms with Crippen molar-refractivity contribution in [2.24, 2.45) is 0 Å². The van der Waals surface area contributed by atoms with Crippen molar-refractivity contribution in [2.45, 2.75) is 5.75 Å². The molecule has 14 heavy (non-hydrogen) atoms. The van der Waals surface area contributed by atoms with Crippen LogP contribution < -0.4 is 4.18 Å². The predicted molar refractivity (Wildman–Crippen MR) is 56.4 cm³/mol. The van der Waals surface area contributed by atoms with E-state index >= 15 is 0 Å². The van der Waals surface area contributed by atoms with Gasteiger partial charge >= 0.3 is 0 Å². The SMILES string of the molecule is O=S1Cc2cc3ccccc3cc2O1. The van der Waals surface area contributed by atoms with Crippen molar-refractivity contribution >= 4 is 21.9 Å². The van der Waals surface area contributed by atoms with Crippen LogP contribution in [0.4, 0.5) is 0 Å². The normalized spacial score (nSPS) is 19.3. The third kappa shape index (κ3) is 1.13. The molecule has 2 nitrogen and oxygen atoms in total. The monoisotopic (exact) mass is 204 g/mol. The summed E-state index contributed by atoms with van der Waals surface area (Å²) in [6, 6.07) is 12.1. The predicted octanol–water partition coefficient (Wildman–Crippen LogP) is 2.40. The zero-order chi connectivity index (χ0) is 9.54. The van der Waals surface area contributed by atoms with Crippen LogP contribution in [0.25, 0.3) is 10.8 Å². The highest BCUT2D eigenvalue weighted by atomic mass is 32.2. The van der Waals surface area contributed by atoms with Gasteiger partial charge in [0.2, 0.25) is 11.1 Å². The Morgan fingerprint density at radius 2 is 1.86 bits per heavy atom. The summed E-state index contributed by atoms with van der Waals surface area (Å²) < 4.78 is 16.4. The standard InChI is InChI=1S/C11H8O2S/c12-14-7-10-5-8-3-1-2-4-9(8)6-11(10)13-14/h1-6H,7H2. The van der Waals surface area contributed by atoms with Crippen molar-refractivity contribution in [1.29, 1.82) is 0 Å². The fraction of sp³-hybridized carbons (Fsp3) is 0.0909. The van der Waals surface area contributed by atoms with Gasteiger partial charge in [0, 0.05) is 5.56 Å². The van der Waals surface area contributed by atoms with Crippen molar-refractivity contribution in [1.82, 2.24) is 0 Å². The lowest BCUT2D eigenvalue weighted by atomic mass is 10.1. The molecular formula is C11H8O2S. The van der Waals surface area contributed by atoms with Gasteiger partial charge in [-0.25, -0.2) is 4.21 Å². The molecule has 0 amide bonds. The van der Waals surface area contributed by atoms with E-state index in [1.165, 1.54) is 5.39 Å². The first-order valence-electron chi connectivity index (χ1n) is 4.41. The molecule has 3 heteroatoms. The third-order valence-corrected chi connectivity index (χ3v) is 3.30. The molecule has 3 rings (SSSR count). The van der Waals surface area contributed by atoms with Crippen molar-refractivity contribution in [3.8, 4) is 5.75 Å². The van der Waals surface area contributed by atoms with E-state index in [0.29, 0.717) is 5.75 Å². The van der Waals surface area contributed by atoms with Gasteiger partial charge in [-0.05, 0) is 22.9 Å². The zero-order valence-electron chi connectivity index (χ0n) is 7.40. The van der Waals surface area contributed by atoms with E-state index in [2.05, 4.69) is 12.1 Å². The van der Waals surface area contributed by atoms with Crippen LogP contribution in [-0.2, 0) is 16.8 Å². The molecule has 1 atom stereocenters. The van der Waals surface area contributed by atoms with Crippen LogP contribution in [0, 0.1) is 0 Å². The highest BCUT2D eigenvalue weighted by molar-refractivity contribution is 7.80. The molecule has 1 unspecified atom stereocenters. The highest BCUT2D eigenvalue weighted by Gasteiger charge is 2.19. The Labute approximate surface area is 84.2 Å². The van der Waals surface area contributed by atoms with Gasteiger partial charge < -0.3 is 4.18 Å². The lowest BCUT2D eigenvalue weighted by Gasteiger charge is -2.00. The van der Waals surface area contributed by atoms with Gasteiger partial charge in [0.15, 0.2) is 0 Å². The highest BCUT2D eigenvalue weighted by Crippen LogP contribution is 2.32. The van der Waals surface area contributed by atoms with Gasteiger partial charge in [0.05, 0.1) is 5.75 Å². The maximum absolute atomic E-state index is 11.2. The van der Waals surface area contributed by atoms with Gasteiger partial charge in [0.1, 0.15) is 5.75 Å². The Morgan fingerprint density at radius 3 is 2.64 bits per heavy atom. The topological polar surface area (TPSA) is 26.3 Å². The van der Waals surface area contributed by atoms with Gasteiger partial charge in [-0.3, -0.25) is 0 Å². The molecule has 0 N–H and O–H groups in total. The summed E-state index contributed by atoms with van der Waals surface area (Å²) in [6.45, 7) is 0. The Balaban J connectivity index is 2.31. The Bertz CT molecular complexity index is 487. The Morgan fingerprint density at radius 1 is 1.14 bits per heavy atom. The van der Waals surface area contributed by atoms with E-state index in [0.717, 1.165) is 16.7 Å². The molecule has 0 bridgehead atoms. The first-order valence-corrected chi connectivity index (χ1v) is 5.66. The first-order chi connectivity index (χ1) is 6.83. The molecule has 1 aliphatic rings. The summed E-state index contributed by atoms with van der Waals surface area (Å²) in [5, 5.41) is 2.30. The average molecular weight is 204 g/mol. The molecule has 0 spiro atoms. The van der Waals surface area contributed by atoms with Gasteiger partial charge in [0.25, 0.3) is 0 Å². The van der Waals surface area contributed by atoms with E-state index in [9.17, 15) is 4.21 Å². The molecule has 2 aromatic rings. The molecule has 1 heterocycles. The van der Waals surface area contributed by atoms with Crippen LogP contribution in [0.15, 0.2) is 36.4 Å². The summed E-state index contributed by atoms with van der Waals surface area (Å²) in [5.41, 5.74) is 1.04. The van der Waals surface area contributed by atoms with E-state index in [-0.39, 0.29) is 0 Å². The second-order valence-electron chi connectivity index (χ2n) is 3.34. The average Bonchev–Trinajstić information content (AvgIpc) is 2.53. The Kier molecular flexibility index (Phi) is 1.61. The largest absolute Gasteiger partial charge is 0.400 e. The van der Waals surface area contributed by atoms with Crippen LogP contribution in [0.5, 0.6) is 5.75 Å². The number of fused-ring (bicyclic) bond motifs is 2. The van der Waals surface area contributed by atoms with Gasteiger partial charge in [-0.1, -0.05) is 24.3 Å². The Hall–Kier alpha value is -1.35. The number of rotatable bonds is 0. The van der Waals surface area contributed by atoms with Gasteiger partial charge in [-0.15, -0.1) is 0 Å². The van der Waals surface area contributed by atoms with Crippen molar-refractivity contribution in [2.75, 3.05) is 0 Å². The van der Waals surface area contributed by atoms with Crippen LogP contribution >= 0.6 is 0 Å². The van der Waals surface area contributed by atoms with E-state index in [4.69, 9.17) is 4.18 Å². The fourth-order valence-electron chi connectivity index (χ4n) is 1.71. The molecule has 0 fully saturated rings. The maximum Gasteiger partial charge on any atom is 0.211 e. The van der Waals surface area contributed by atoms with Crippen LogP contribution in [0.2, 0.25) is 0 Å². The molecule has 2 aromatic carbocycles. The van der Waals surface area contributed by atoms with Crippen LogP contribution in [0.3, 0.4) is 0 Å². The molecule has 0 radical (unpaired) electrons. The second-order valence-corrected chi connectivity index (χ2v) is 4.40. The quantitative estimate of drug-likeness (QED) is 0.658. The van der Waals surface area contributed by atoms with Crippen molar-refractivity contribution in [3.05, 3.63) is 42.0 Å². The van der Waals surface area contributed by atoms with E-state index in [1.54, 1.807) is 0 Å². The molecule has 0 aliphatic carbocycles. The molecule has 0 aromatic heterocycles. The van der Waals surface area contributed by atoms with E-state index in [1.807, 2.05) is 24.3 Å². The fourth-order valence-corrected chi connectivity index (χ4v) is 2.61. The minimum Gasteiger partial charge on any atom is -0.400 e.